The van der Waals surface area contributed by atoms with E-state index in [9.17, 15) is 4.79 Å². The molecule has 0 aliphatic heterocycles. The van der Waals surface area contributed by atoms with Gasteiger partial charge in [-0.15, -0.1) is 0 Å². The lowest BCUT2D eigenvalue weighted by Crippen LogP contribution is -2.33. The van der Waals surface area contributed by atoms with E-state index in [0.717, 1.165) is 13.1 Å². The third-order valence-electron chi connectivity index (χ3n) is 3.42. The van der Waals surface area contributed by atoms with Crippen LogP contribution < -0.4 is 5.32 Å². The molecule has 0 radical (unpaired) electrons. The Hall–Kier alpha value is -1.49. The molecule has 0 aliphatic carbocycles. The molecule has 6 heteroatoms. The second-order valence-corrected chi connectivity index (χ2v) is 5.97. The predicted octanol–water partition coefficient (Wildman–Crippen LogP) is 3.19. The molecule has 0 fully saturated rings. The summed E-state index contributed by atoms with van der Waals surface area (Å²) in [7, 11) is 3.74. The van der Waals surface area contributed by atoms with Gasteiger partial charge in [-0.2, -0.15) is 0 Å². The fourth-order valence-electron chi connectivity index (χ4n) is 2.19. The third-order valence-corrected chi connectivity index (χ3v) is 4.27. The third kappa shape index (κ3) is 4.26. The van der Waals surface area contributed by atoms with Gasteiger partial charge in [0.1, 0.15) is 10.8 Å². The van der Waals surface area contributed by atoms with Crippen molar-refractivity contribution < 1.29 is 4.79 Å². The van der Waals surface area contributed by atoms with Crippen LogP contribution in [0.1, 0.15) is 16.1 Å². The van der Waals surface area contributed by atoms with Crippen LogP contribution in [0.4, 0.5) is 0 Å². The molecule has 0 atom stereocenters. The van der Waals surface area contributed by atoms with E-state index in [1.807, 2.05) is 25.2 Å². The molecule has 0 spiro atoms. The Bertz CT molecular complexity index is 640. The number of likely N-dealkylation sites (N-methyl/N-ethyl adjacent to an activating group) is 1. The Balaban J connectivity index is 1.80. The zero-order valence-corrected chi connectivity index (χ0v) is 14.2. The maximum atomic E-state index is 12.1. The molecule has 2 rings (SSSR count). The monoisotopic (exact) mass is 339 g/mol. The van der Waals surface area contributed by atoms with Crippen molar-refractivity contribution in [1.82, 2.24) is 14.8 Å². The van der Waals surface area contributed by atoms with Crippen LogP contribution in [-0.4, -0.2) is 35.5 Å². The normalized spacial score (nSPS) is 11.0. The molecule has 1 N–H and O–H groups in total. The lowest BCUT2D eigenvalue weighted by molar-refractivity contribution is 0.0941. The quantitative estimate of drug-likeness (QED) is 0.877. The van der Waals surface area contributed by atoms with Crippen molar-refractivity contribution in [2.45, 2.75) is 6.54 Å². The van der Waals surface area contributed by atoms with Gasteiger partial charge in [-0.05, 0) is 18.7 Å². The number of hydrogen-bond donors (Lipinski definition) is 1. The number of halogens is 2. The summed E-state index contributed by atoms with van der Waals surface area (Å²) in [6.07, 6.45) is 0. The predicted molar refractivity (Wildman–Crippen MR) is 90.5 cm³/mol. The molecule has 0 unspecified atom stereocenters. The summed E-state index contributed by atoms with van der Waals surface area (Å²) < 4.78 is 1.58. The van der Waals surface area contributed by atoms with Crippen molar-refractivity contribution in [1.29, 1.82) is 0 Å². The van der Waals surface area contributed by atoms with Crippen molar-refractivity contribution >= 4 is 29.1 Å². The number of hydrogen-bond acceptors (Lipinski definition) is 2. The van der Waals surface area contributed by atoms with Gasteiger partial charge >= 0.3 is 0 Å². The second-order valence-electron chi connectivity index (χ2n) is 5.21. The van der Waals surface area contributed by atoms with Gasteiger partial charge < -0.3 is 14.8 Å². The Morgan fingerprint density at radius 1 is 1.27 bits per heavy atom. The lowest BCUT2D eigenvalue weighted by atomic mass is 10.2. The van der Waals surface area contributed by atoms with E-state index >= 15 is 0 Å². The SMILES string of the molecule is CN(CCNC(=O)c1cc(Cl)c(Cl)n1C)Cc1ccccc1. The molecule has 118 valence electrons. The number of aromatic nitrogens is 1. The number of amides is 1. The number of benzene rings is 1. The Kier molecular flexibility index (Phi) is 5.89. The highest BCUT2D eigenvalue weighted by molar-refractivity contribution is 6.41. The summed E-state index contributed by atoms with van der Waals surface area (Å²) in [5.41, 5.74) is 1.71. The number of rotatable bonds is 6. The van der Waals surface area contributed by atoms with Gasteiger partial charge in [-0.3, -0.25) is 4.79 Å². The van der Waals surface area contributed by atoms with E-state index in [2.05, 4.69) is 22.3 Å². The molecule has 1 amide bonds. The van der Waals surface area contributed by atoms with E-state index in [4.69, 9.17) is 23.2 Å². The van der Waals surface area contributed by atoms with E-state index in [-0.39, 0.29) is 5.91 Å². The first kappa shape index (κ1) is 16.9. The van der Waals surface area contributed by atoms with E-state index in [1.165, 1.54) is 5.56 Å². The summed E-state index contributed by atoms with van der Waals surface area (Å²) in [6.45, 7) is 2.16. The van der Waals surface area contributed by atoms with Gasteiger partial charge in [0.25, 0.3) is 5.91 Å². The molecule has 0 saturated carbocycles. The van der Waals surface area contributed by atoms with Gasteiger partial charge in [0.2, 0.25) is 0 Å². The first-order chi connectivity index (χ1) is 10.5. The smallest absolute Gasteiger partial charge is 0.268 e. The van der Waals surface area contributed by atoms with Crippen LogP contribution in [0.2, 0.25) is 10.2 Å². The van der Waals surface area contributed by atoms with Crippen LogP contribution in [0, 0.1) is 0 Å². The first-order valence-corrected chi connectivity index (χ1v) is 7.76. The van der Waals surface area contributed by atoms with Gasteiger partial charge in [0.05, 0.1) is 5.02 Å². The van der Waals surface area contributed by atoms with Gasteiger partial charge in [0.15, 0.2) is 0 Å². The molecule has 0 aliphatic rings. The van der Waals surface area contributed by atoms with Crippen LogP contribution >= 0.6 is 23.2 Å². The molecular formula is C16H19Cl2N3O. The van der Waals surface area contributed by atoms with Gasteiger partial charge in [-0.1, -0.05) is 53.5 Å². The molecular weight excluding hydrogens is 321 g/mol. The molecule has 4 nitrogen and oxygen atoms in total. The van der Waals surface area contributed by atoms with Crippen LogP contribution in [0.25, 0.3) is 0 Å². The Labute approximate surface area is 140 Å². The minimum Gasteiger partial charge on any atom is -0.349 e. The highest BCUT2D eigenvalue weighted by atomic mass is 35.5. The molecule has 1 aromatic heterocycles. The van der Waals surface area contributed by atoms with E-state index in [0.29, 0.717) is 22.4 Å². The van der Waals surface area contributed by atoms with Crippen molar-refractivity contribution in [2.75, 3.05) is 20.1 Å². The fraction of sp³-hybridized carbons (Fsp3) is 0.312. The number of nitrogens with zero attached hydrogens (tertiary/aromatic N) is 2. The van der Waals surface area contributed by atoms with Crippen molar-refractivity contribution in [2.24, 2.45) is 7.05 Å². The van der Waals surface area contributed by atoms with Crippen molar-refractivity contribution in [3.63, 3.8) is 0 Å². The van der Waals surface area contributed by atoms with Crippen LogP contribution in [0.3, 0.4) is 0 Å². The molecule has 0 bridgehead atoms. The number of nitrogens with one attached hydrogen (secondary N) is 1. The summed E-state index contributed by atoms with van der Waals surface area (Å²) in [6, 6.07) is 11.8. The standard InChI is InChI=1S/C16H19Cl2N3O/c1-20(11-12-6-4-3-5-7-12)9-8-19-16(22)14-10-13(17)15(18)21(14)2/h3-7,10H,8-9,11H2,1-2H3,(H,19,22). The van der Waals surface area contributed by atoms with Crippen molar-refractivity contribution in [3.8, 4) is 0 Å². The van der Waals surface area contributed by atoms with Gasteiger partial charge in [-0.25, -0.2) is 0 Å². The first-order valence-electron chi connectivity index (χ1n) is 7.00. The zero-order chi connectivity index (χ0) is 16.1. The fourth-order valence-corrected chi connectivity index (χ4v) is 2.56. The maximum Gasteiger partial charge on any atom is 0.268 e. The number of carbonyl (C=O) groups is 1. The largest absolute Gasteiger partial charge is 0.349 e. The average Bonchev–Trinajstić information content (AvgIpc) is 2.76. The molecule has 22 heavy (non-hydrogen) atoms. The topological polar surface area (TPSA) is 37.3 Å². The molecule has 1 aromatic carbocycles. The Morgan fingerprint density at radius 3 is 2.55 bits per heavy atom. The molecule has 1 heterocycles. The molecule has 0 saturated heterocycles. The second kappa shape index (κ2) is 7.68. The highest BCUT2D eigenvalue weighted by Crippen LogP contribution is 2.24. The summed E-state index contributed by atoms with van der Waals surface area (Å²) >= 11 is 11.9. The Morgan fingerprint density at radius 2 is 1.95 bits per heavy atom. The van der Waals surface area contributed by atoms with Crippen LogP contribution in [0.5, 0.6) is 0 Å². The minimum atomic E-state index is -0.176. The van der Waals surface area contributed by atoms with Gasteiger partial charge in [0, 0.05) is 26.7 Å². The lowest BCUT2D eigenvalue weighted by Gasteiger charge is -2.17. The summed E-state index contributed by atoms with van der Waals surface area (Å²) in [5, 5.41) is 3.63. The van der Waals surface area contributed by atoms with Crippen molar-refractivity contribution in [3.05, 3.63) is 57.8 Å². The van der Waals surface area contributed by atoms with E-state index in [1.54, 1.807) is 17.7 Å². The van der Waals surface area contributed by atoms with Crippen LogP contribution in [-0.2, 0) is 13.6 Å². The highest BCUT2D eigenvalue weighted by Gasteiger charge is 2.15. The zero-order valence-electron chi connectivity index (χ0n) is 12.6. The van der Waals surface area contributed by atoms with Crippen LogP contribution in [0.15, 0.2) is 36.4 Å². The number of carbonyl (C=O) groups excluding carboxylic acids is 1. The summed E-state index contributed by atoms with van der Waals surface area (Å²) in [4.78, 5) is 14.3. The average molecular weight is 340 g/mol. The minimum absolute atomic E-state index is 0.176. The summed E-state index contributed by atoms with van der Waals surface area (Å²) in [5.74, 6) is -0.176. The van der Waals surface area contributed by atoms with E-state index < -0.39 is 0 Å². The molecule has 2 aromatic rings. The maximum absolute atomic E-state index is 12.1.